The number of anilines is 3. The lowest BCUT2D eigenvalue weighted by atomic mass is 9.81. The smallest absolute Gasteiger partial charge is 0.0468 e. The zero-order valence-corrected chi connectivity index (χ0v) is 41.2. The van der Waals surface area contributed by atoms with Gasteiger partial charge in [0, 0.05) is 17.1 Å². The lowest BCUT2D eigenvalue weighted by molar-refractivity contribution is 1.29. The fourth-order valence-electron chi connectivity index (χ4n) is 11.7. The van der Waals surface area contributed by atoms with Gasteiger partial charge >= 0.3 is 0 Å². The van der Waals surface area contributed by atoms with Crippen LogP contribution in [0.3, 0.4) is 0 Å². The van der Waals surface area contributed by atoms with E-state index in [0.29, 0.717) is 0 Å². The molecule has 0 aliphatic heterocycles. The van der Waals surface area contributed by atoms with E-state index in [1.54, 1.807) is 0 Å². The average Bonchev–Trinajstić information content (AvgIpc) is 3.50. The molecule has 0 radical (unpaired) electrons. The van der Waals surface area contributed by atoms with Gasteiger partial charge in [-0.1, -0.05) is 249 Å². The summed E-state index contributed by atoms with van der Waals surface area (Å²) in [5.41, 5.74) is 17.6. The molecule has 0 unspecified atom stereocenters. The Labute approximate surface area is 437 Å². The van der Waals surface area contributed by atoms with Crippen LogP contribution in [0.1, 0.15) is 0 Å². The summed E-state index contributed by atoms with van der Waals surface area (Å²) in [4.78, 5) is 2.41. The molecular weight excluding hydrogens is 903 g/mol. The Bertz CT molecular complexity index is 4310. The Balaban J connectivity index is 1.01. The van der Waals surface area contributed by atoms with E-state index in [1.165, 1.54) is 121 Å². The monoisotopic (exact) mass is 951 g/mol. The number of benzene rings is 14. The van der Waals surface area contributed by atoms with Crippen molar-refractivity contribution in [3.63, 3.8) is 0 Å². The minimum atomic E-state index is 1.09. The van der Waals surface area contributed by atoms with Gasteiger partial charge in [-0.15, -0.1) is 0 Å². The molecule has 1 heteroatoms. The SMILES string of the molecule is c1ccc(-c2ccc(N(c3ccc(-c4ccccc4)cc3)c3ccc4c(c3)c3ccccc3c3c(-c5ccccc5)cc(-c5ccc(-c6cc7ccccc7c7ccccc67)cc5)c(-c5ccccc5)c43)cc2)cc1. The maximum atomic E-state index is 2.47. The topological polar surface area (TPSA) is 3.24 Å². The van der Waals surface area contributed by atoms with Crippen LogP contribution in [0.4, 0.5) is 17.1 Å². The molecule has 0 spiro atoms. The Morgan fingerprint density at radius 1 is 0.187 bits per heavy atom. The molecule has 0 atom stereocenters. The molecule has 350 valence electrons. The van der Waals surface area contributed by atoms with E-state index in [2.05, 4.69) is 302 Å². The zero-order chi connectivity index (χ0) is 49.7. The van der Waals surface area contributed by atoms with Gasteiger partial charge in [0.1, 0.15) is 0 Å². The van der Waals surface area contributed by atoms with Crippen LogP contribution in [0, 0.1) is 0 Å². The van der Waals surface area contributed by atoms with Crippen molar-refractivity contribution in [2.45, 2.75) is 0 Å². The molecule has 0 saturated heterocycles. The highest BCUT2D eigenvalue weighted by molar-refractivity contribution is 6.33. The predicted octanol–water partition coefficient (Wildman–Crippen LogP) is 20.9. The van der Waals surface area contributed by atoms with Crippen molar-refractivity contribution in [2.75, 3.05) is 4.90 Å². The second kappa shape index (κ2) is 18.7. The largest absolute Gasteiger partial charge is 0.310 e. The van der Waals surface area contributed by atoms with Gasteiger partial charge in [-0.25, -0.2) is 0 Å². The highest BCUT2D eigenvalue weighted by Gasteiger charge is 2.23. The van der Waals surface area contributed by atoms with Gasteiger partial charge in [-0.3, -0.25) is 0 Å². The molecule has 0 bridgehead atoms. The zero-order valence-electron chi connectivity index (χ0n) is 41.2. The molecule has 0 fully saturated rings. The highest BCUT2D eigenvalue weighted by Crippen LogP contribution is 2.51. The van der Waals surface area contributed by atoms with Gasteiger partial charge in [0.2, 0.25) is 0 Å². The summed E-state index contributed by atoms with van der Waals surface area (Å²) in [6, 6.07) is 109. The molecule has 0 aromatic heterocycles. The van der Waals surface area contributed by atoms with E-state index >= 15 is 0 Å². The molecule has 0 aliphatic rings. The number of fused-ring (bicyclic) bond motifs is 9. The Kier molecular flexibility index (Phi) is 10.9. The summed E-state index contributed by atoms with van der Waals surface area (Å²) in [6.07, 6.45) is 0. The molecule has 14 aromatic carbocycles. The predicted molar refractivity (Wildman–Crippen MR) is 321 cm³/mol. The third-order valence-electron chi connectivity index (χ3n) is 15.2. The standard InChI is InChI=1S/C74H49N/c1-5-19-50(20-6-1)52-37-41-59(42-38-52)75(60-43-39-53(40-44-60)51-21-7-2-8-22-51)61-45-46-67-71(48-61)65-31-17-18-32-66(65)73-70(54-23-9-3-10-24-54)49-69(72(74(67)73)57-25-11-4-12-26-57)56-35-33-55(34-36-56)68-47-58-27-13-14-28-62(58)63-29-15-16-30-64(63)68/h1-49H. The lowest BCUT2D eigenvalue weighted by Crippen LogP contribution is -2.10. The van der Waals surface area contributed by atoms with Crippen LogP contribution in [0.2, 0.25) is 0 Å². The third-order valence-corrected chi connectivity index (χ3v) is 15.2. The van der Waals surface area contributed by atoms with E-state index in [9.17, 15) is 0 Å². The van der Waals surface area contributed by atoms with Crippen LogP contribution in [-0.2, 0) is 0 Å². The van der Waals surface area contributed by atoms with Gasteiger partial charge in [0.25, 0.3) is 0 Å². The van der Waals surface area contributed by atoms with Gasteiger partial charge in [-0.05, 0) is 169 Å². The van der Waals surface area contributed by atoms with Crippen molar-refractivity contribution in [2.24, 2.45) is 0 Å². The number of nitrogens with zero attached hydrogens (tertiary/aromatic N) is 1. The summed E-state index contributed by atoms with van der Waals surface area (Å²) < 4.78 is 0. The van der Waals surface area contributed by atoms with Crippen molar-refractivity contribution in [3.05, 3.63) is 297 Å². The Morgan fingerprint density at radius 3 is 1.15 bits per heavy atom. The van der Waals surface area contributed by atoms with Crippen LogP contribution in [0.5, 0.6) is 0 Å². The van der Waals surface area contributed by atoms with Crippen LogP contribution >= 0.6 is 0 Å². The first-order chi connectivity index (χ1) is 37.2. The van der Waals surface area contributed by atoms with Crippen molar-refractivity contribution in [1.82, 2.24) is 0 Å². The van der Waals surface area contributed by atoms with Gasteiger partial charge < -0.3 is 4.90 Å². The number of hydrogen-bond donors (Lipinski definition) is 0. The third kappa shape index (κ3) is 7.82. The maximum absolute atomic E-state index is 2.47. The van der Waals surface area contributed by atoms with Crippen LogP contribution < -0.4 is 4.90 Å². The minimum Gasteiger partial charge on any atom is -0.310 e. The molecular formula is C74H49N. The second-order valence-corrected chi connectivity index (χ2v) is 19.5. The lowest BCUT2D eigenvalue weighted by Gasteiger charge is -2.27. The summed E-state index contributed by atoms with van der Waals surface area (Å²) in [6.45, 7) is 0. The molecule has 14 aromatic rings. The van der Waals surface area contributed by atoms with Gasteiger partial charge in [0.15, 0.2) is 0 Å². The van der Waals surface area contributed by atoms with Crippen molar-refractivity contribution < 1.29 is 0 Å². The van der Waals surface area contributed by atoms with Crippen molar-refractivity contribution in [1.29, 1.82) is 0 Å². The van der Waals surface area contributed by atoms with Crippen LogP contribution in [-0.4, -0.2) is 0 Å². The van der Waals surface area contributed by atoms with E-state index in [4.69, 9.17) is 0 Å². The Morgan fingerprint density at radius 2 is 0.573 bits per heavy atom. The molecule has 14 rings (SSSR count). The number of rotatable bonds is 9. The quantitative estimate of drug-likeness (QED) is 0.130. The first-order valence-electron chi connectivity index (χ1n) is 25.9. The van der Waals surface area contributed by atoms with E-state index in [0.717, 1.165) is 17.1 Å². The van der Waals surface area contributed by atoms with E-state index in [-0.39, 0.29) is 0 Å². The van der Waals surface area contributed by atoms with Crippen LogP contribution in [0.15, 0.2) is 297 Å². The molecule has 0 amide bonds. The molecule has 0 N–H and O–H groups in total. The molecule has 0 heterocycles. The van der Waals surface area contributed by atoms with Crippen LogP contribution in [0.25, 0.3) is 121 Å². The molecule has 0 aliphatic carbocycles. The summed E-state index contributed by atoms with van der Waals surface area (Å²) >= 11 is 0. The summed E-state index contributed by atoms with van der Waals surface area (Å²) in [5, 5.41) is 12.4. The maximum Gasteiger partial charge on any atom is 0.0468 e. The fraction of sp³-hybridized carbons (Fsp3) is 0. The van der Waals surface area contributed by atoms with Gasteiger partial charge in [0.05, 0.1) is 0 Å². The molecule has 75 heavy (non-hydrogen) atoms. The highest BCUT2D eigenvalue weighted by atomic mass is 15.1. The first kappa shape index (κ1) is 43.9. The Hall–Kier alpha value is -9.82. The average molecular weight is 952 g/mol. The second-order valence-electron chi connectivity index (χ2n) is 19.5. The summed E-state index contributed by atoms with van der Waals surface area (Å²) in [5.74, 6) is 0. The van der Waals surface area contributed by atoms with E-state index in [1.807, 2.05) is 0 Å². The number of hydrogen-bond acceptors (Lipinski definition) is 1. The van der Waals surface area contributed by atoms with Gasteiger partial charge in [-0.2, -0.15) is 0 Å². The fourth-order valence-corrected chi connectivity index (χ4v) is 11.7. The van der Waals surface area contributed by atoms with Crippen molar-refractivity contribution in [3.8, 4) is 66.8 Å². The molecule has 1 nitrogen and oxygen atoms in total. The first-order valence-corrected chi connectivity index (χ1v) is 25.9. The van der Waals surface area contributed by atoms with Crippen molar-refractivity contribution >= 4 is 70.9 Å². The minimum absolute atomic E-state index is 1.09. The van der Waals surface area contributed by atoms with E-state index < -0.39 is 0 Å². The normalized spacial score (nSPS) is 11.5. The molecule has 0 saturated carbocycles. The summed E-state index contributed by atoms with van der Waals surface area (Å²) in [7, 11) is 0.